The first-order chi connectivity index (χ1) is 14.8. The Bertz CT molecular complexity index is 1120. The largest absolute Gasteiger partial charge is 0.361 e. The SMILES string of the molecule is CC(C)(C)c1ccc(=O)n(CCN2CCN(C(=O)Cc3c[nH]c4ccccc34)CC2)n1. The molecule has 0 bridgehead atoms. The third kappa shape index (κ3) is 4.88. The molecule has 1 N–H and O–H groups in total. The van der Waals surface area contributed by atoms with Gasteiger partial charge >= 0.3 is 0 Å². The van der Waals surface area contributed by atoms with E-state index in [2.05, 4.69) is 41.8 Å². The predicted molar refractivity (Wildman–Crippen MR) is 122 cm³/mol. The van der Waals surface area contributed by atoms with E-state index in [0.29, 0.717) is 26.1 Å². The Kier molecular flexibility index (Phi) is 5.96. The number of amides is 1. The minimum Gasteiger partial charge on any atom is -0.361 e. The van der Waals surface area contributed by atoms with Gasteiger partial charge in [-0.3, -0.25) is 14.5 Å². The van der Waals surface area contributed by atoms with Crippen LogP contribution in [0.2, 0.25) is 0 Å². The van der Waals surface area contributed by atoms with E-state index >= 15 is 0 Å². The first-order valence-electron chi connectivity index (χ1n) is 10.9. The number of nitrogens with one attached hydrogen (secondary N) is 1. The first kappa shape index (κ1) is 21.3. The van der Waals surface area contributed by atoms with Crippen molar-refractivity contribution >= 4 is 16.8 Å². The lowest BCUT2D eigenvalue weighted by Crippen LogP contribution is -2.50. The number of carbonyl (C=O) groups excluding carboxylic acids is 1. The van der Waals surface area contributed by atoms with Gasteiger partial charge in [-0.1, -0.05) is 39.0 Å². The summed E-state index contributed by atoms with van der Waals surface area (Å²) in [6.45, 7) is 10.7. The maximum absolute atomic E-state index is 12.8. The number of benzene rings is 1. The summed E-state index contributed by atoms with van der Waals surface area (Å²) in [4.78, 5) is 32.5. The topological polar surface area (TPSA) is 74.2 Å². The van der Waals surface area contributed by atoms with Gasteiger partial charge in [-0.25, -0.2) is 4.68 Å². The third-order valence-electron chi connectivity index (χ3n) is 6.00. The zero-order chi connectivity index (χ0) is 22.0. The lowest BCUT2D eigenvalue weighted by Gasteiger charge is -2.34. The number of fused-ring (bicyclic) bond motifs is 1. The first-order valence-corrected chi connectivity index (χ1v) is 10.9. The highest BCUT2D eigenvalue weighted by molar-refractivity contribution is 5.88. The fourth-order valence-electron chi connectivity index (χ4n) is 4.02. The van der Waals surface area contributed by atoms with Gasteiger partial charge in [-0.05, 0) is 17.7 Å². The molecule has 3 aromatic rings. The lowest BCUT2D eigenvalue weighted by molar-refractivity contribution is -0.132. The molecule has 0 radical (unpaired) electrons. The third-order valence-corrected chi connectivity index (χ3v) is 6.00. The quantitative estimate of drug-likeness (QED) is 0.687. The van der Waals surface area contributed by atoms with Gasteiger partial charge in [0.25, 0.3) is 5.56 Å². The predicted octanol–water partition coefficient (Wildman–Crippen LogP) is 2.41. The van der Waals surface area contributed by atoms with Crippen LogP contribution >= 0.6 is 0 Å². The number of rotatable bonds is 5. The van der Waals surface area contributed by atoms with Crippen molar-refractivity contribution in [2.45, 2.75) is 39.2 Å². The van der Waals surface area contributed by atoms with Crippen molar-refractivity contribution in [3.63, 3.8) is 0 Å². The molecule has 31 heavy (non-hydrogen) atoms. The van der Waals surface area contributed by atoms with Crippen molar-refractivity contribution in [1.29, 1.82) is 0 Å². The van der Waals surface area contributed by atoms with Crippen LogP contribution in [0.5, 0.6) is 0 Å². The van der Waals surface area contributed by atoms with Gasteiger partial charge in [0, 0.05) is 61.3 Å². The molecule has 7 nitrogen and oxygen atoms in total. The summed E-state index contributed by atoms with van der Waals surface area (Å²) in [5.74, 6) is 0.167. The van der Waals surface area contributed by atoms with Crippen molar-refractivity contribution in [1.82, 2.24) is 24.6 Å². The Morgan fingerprint density at radius 3 is 2.52 bits per heavy atom. The molecule has 2 aromatic heterocycles. The van der Waals surface area contributed by atoms with Crippen molar-refractivity contribution < 1.29 is 4.79 Å². The summed E-state index contributed by atoms with van der Waals surface area (Å²) < 4.78 is 1.56. The molecule has 4 rings (SSSR count). The van der Waals surface area contributed by atoms with Crippen molar-refractivity contribution in [3.8, 4) is 0 Å². The van der Waals surface area contributed by atoms with Crippen LogP contribution in [0, 0.1) is 0 Å². The monoisotopic (exact) mass is 421 g/mol. The number of aromatic amines is 1. The molecule has 1 aromatic carbocycles. The summed E-state index contributed by atoms with van der Waals surface area (Å²) in [6, 6.07) is 11.5. The average molecular weight is 422 g/mol. The van der Waals surface area contributed by atoms with Crippen molar-refractivity contribution in [2.24, 2.45) is 0 Å². The molecular weight excluding hydrogens is 390 g/mol. The van der Waals surface area contributed by atoms with E-state index in [1.165, 1.54) is 0 Å². The van der Waals surface area contributed by atoms with Crippen molar-refractivity contribution in [3.05, 3.63) is 64.2 Å². The molecule has 0 unspecified atom stereocenters. The van der Waals surface area contributed by atoms with Crippen LogP contribution in [0.25, 0.3) is 10.9 Å². The van der Waals surface area contributed by atoms with Crippen LogP contribution in [0.1, 0.15) is 32.0 Å². The highest BCUT2D eigenvalue weighted by Crippen LogP contribution is 2.19. The van der Waals surface area contributed by atoms with E-state index in [4.69, 9.17) is 0 Å². The maximum Gasteiger partial charge on any atom is 0.266 e. The van der Waals surface area contributed by atoms with Gasteiger partial charge in [-0.2, -0.15) is 5.10 Å². The Hall–Kier alpha value is -2.93. The zero-order valence-electron chi connectivity index (χ0n) is 18.6. The number of H-pyrrole nitrogens is 1. The average Bonchev–Trinajstić information content (AvgIpc) is 3.15. The number of hydrogen-bond acceptors (Lipinski definition) is 4. The molecule has 3 heterocycles. The van der Waals surface area contributed by atoms with Gasteiger partial charge in [-0.15, -0.1) is 0 Å². The number of carbonyl (C=O) groups is 1. The summed E-state index contributed by atoms with van der Waals surface area (Å²) in [6.07, 6.45) is 2.36. The second-order valence-corrected chi connectivity index (χ2v) is 9.29. The molecule has 1 amide bonds. The summed E-state index contributed by atoms with van der Waals surface area (Å²) in [5.41, 5.74) is 2.87. The second kappa shape index (κ2) is 8.67. The minimum absolute atomic E-state index is 0.0689. The van der Waals surface area contributed by atoms with Crippen LogP contribution in [0.4, 0.5) is 0 Å². The molecule has 0 atom stereocenters. The highest BCUT2D eigenvalue weighted by Gasteiger charge is 2.22. The van der Waals surface area contributed by atoms with E-state index < -0.39 is 0 Å². The van der Waals surface area contributed by atoms with E-state index in [-0.39, 0.29) is 16.9 Å². The Labute approximate surface area is 182 Å². The van der Waals surface area contributed by atoms with Crippen LogP contribution < -0.4 is 5.56 Å². The zero-order valence-corrected chi connectivity index (χ0v) is 18.6. The van der Waals surface area contributed by atoms with Crippen LogP contribution in [0.3, 0.4) is 0 Å². The molecule has 1 aliphatic rings. The second-order valence-electron chi connectivity index (χ2n) is 9.29. The minimum atomic E-state index is -0.0910. The van der Waals surface area contributed by atoms with Crippen molar-refractivity contribution in [2.75, 3.05) is 32.7 Å². The van der Waals surface area contributed by atoms with Gasteiger partial charge in [0.2, 0.25) is 5.91 Å². The number of aromatic nitrogens is 3. The molecule has 7 heteroatoms. The summed E-state index contributed by atoms with van der Waals surface area (Å²) in [7, 11) is 0. The van der Waals surface area contributed by atoms with Gasteiger partial charge in [0.05, 0.1) is 18.7 Å². The Morgan fingerprint density at radius 2 is 1.77 bits per heavy atom. The number of piperazine rings is 1. The van der Waals surface area contributed by atoms with Gasteiger partial charge in [0.15, 0.2) is 0 Å². The lowest BCUT2D eigenvalue weighted by atomic mass is 9.92. The van der Waals surface area contributed by atoms with E-state index in [1.54, 1.807) is 10.7 Å². The smallest absolute Gasteiger partial charge is 0.266 e. The fourth-order valence-corrected chi connectivity index (χ4v) is 4.02. The van der Waals surface area contributed by atoms with E-state index in [1.807, 2.05) is 35.4 Å². The van der Waals surface area contributed by atoms with E-state index in [0.717, 1.165) is 41.8 Å². The maximum atomic E-state index is 12.8. The fraction of sp³-hybridized carbons (Fsp3) is 0.458. The molecule has 1 aliphatic heterocycles. The molecule has 0 saturated carbocycles. The van der Waals surface area contributed by atoms with Gasteiger partial charge in [0.1, 0.15) is 0 Å². The number of para-hydroxylation sites is 1. The number of nitrogens with zero attached hydrogens (tertiary/aromatic N) is 4. The van der Waals surface area contributed by atoms with Crippen LogP contribution in [-0.2, 0) is 23.2 Å². The standard InChI is InChI=1S/C24H31N5O2/c1-24(2,3)21-8-9-22(30)29(26-21)15-12-27-10-13-28(14-11-27)23(31)16-18-17-25-20-7-5-4-6-19(18)20/h4-9,17,25H,10-16H2,1-3H3. The molecule has 1 saturated heterocycles. The van der Waals surface area contributed by atoms with Gasteiger partial charge < -0.3 is 9.88 Å². The molecule has 1 fully saturated rings. The molecule has 164 valence electrons. The number of hydrogen-bond donors (Lipinski definition) is 1. The molecular formula is C24H31N5O2. The molecule has 0 spiro atoms. The van der Waals surface area contributed by atoms with E-state index in [9.17, 15) is 9.59 Å². The summed E-state index contributed by atoms with van der Waals surface area (Å²) in [5, 5.41) is 5.66. The summed E-state index contributed by atoms with van der Waals surface area (Å²) >= 11 is 0. The van der Waals surface area contributed by atoms with Crippen LogP contribution in [-0.4, -0.2) is 63.2 Å². The molecule has 0 aliphatic carbocycles. The highest BCUT2D eigenvalue weighted by atomic mass is 16.2. The van der Waals surface area contributed by atoms with Crippen LogP contribution in [0.15, 0.2) is 47.4 Å². The Morgan fingerprint density at radius 1 is 1.03 bits per heavy atom. The normalized spacial score (nSPS) is 15.5. The Balaban J connectivity index is 1.30.